The number of carbonyl (C=O) groups excluding carboxylic acids is 1. The van der Waals surface area contributed by atoms with Gasteiger partial charge in [0.05, 0.1) is 6.61 Å². The van der Waals surface area contributed by atoms with E-state index in [0.717, 1.165) is 0 Å². The van der Waals surface area contributed by atoms with Gasteiger partial charge in [-0.3, -0.25) is 0 Å². The molecule has 1 aliphatic rings. The summed E-state index contributed by atoms with van der Waals surface area (Å²) in [6, 6.07) is 0. The Morgan fingerprint density at radius 3 is 2.29 bits per heavy atom. The molecule has 0 heterocycles. The van der Waals surface area contributed by atoms with Crippen molar-refractivity contribution in [2.45, 2.75) is 45.1 Å². The minimum Gasteiger partial charge on any atom is -0.444 e. The molecule has 4 nitrogen and oxygen atoms in total. The fraction of sp³-hybridized carbons (Fsp3) is 0.909. The molecule has 0 radical (unpaired) electrons. The van der Waals surface area contributed by atoms with E-state index in [-0.39, 0.29) is 13.2 Å². The van der Waals surface area contributed by atoms with Gasteiger partial charge in [-0.2, -0.15) is 0 Å². The number of ether oxygens (including phenoxy) is 1. The van der Waals surface area contributed by atoms with Crippen LogP contribution in [0.1, 0.15) is 33.6 Å². The van der Waals surface area contributed by atoms with Crippen LogP contribution >= 0.6 is 0 Å². The average molecular weight is 251 g/mol. The monoisotopic (exact) mass is 251 g/mol. The van der Waals surface area contributed by atoms with Crippen LogP contribution in [0.4, 0.5) is 13.6 Å². The summed E-state index contributed by atoms with van der Waals surface area (Å²) in [6.07, 6.45) is -1.45. The average Bonchev–Trinajstić information content (AvgIpc) is 2.08. The highest BCUT2D eigenvalue weighted by atomic mass is 19.3. The van der Waals surface area contributed by atoms with E-state index in [1.54, 1.807) is 20.8 Å². The van der Waals surface area contributed by atoms with Crippen molar-refractivity contribution in [3.05, 3.63) is 0 Å². The molecule has 1 amide bonds. The molecule has 0 spiro atoms. The van der Waals surface area contributed by atoms with Crippen molar-refractivity contribution in [3.8, 4) is 0 Å². The molecule has 0 aliphatic heterocycles. The summed E-state index contributed by atoms with van der Waals surface area (Å²) >= 11 is 0. The minimum atomic E-state index is -2.72. The first-order valence-corrected chi connectivity index (χ1v) is 5.53. The molecule has 0 aromatic carbocycles. The topological polar surface area (TPSA) is 58.6 Å². The predicted octanol–water partition coefficient (Wildman–Crippen LogP) is 1.92. The molecule has 1 rings (SSSR count). The van der Waals surface area contributed by atoms with Crippen LogP contribution in [0.5, 0.6) is 0 Å². The lowest BCUT2D eigenvalue weighted by Gasteiger charge is -2.46. The van der Waals surface area contributed by atoms with Crippen molar-refractivity contribution in [1.82, 2.24) is 5.32 Å². The first kappa shape index (κ1) is 14.2. The summed E-state index contributed by atoms with van der Waals surface area (Å²) in [7, 11) is 0. The molecular formula is C11H19F2NO3. The van der Waals surface area contributed by atoms with Gasteiger partial charge in [0.15, 0.2) is 0 Å². The largest absolute Gasteiger partial charge is 0.444 e. The number of aliphatic hydroxyl groups is 1. The number of hydrogen-bond donors (Lipinski definition) is 2. The third-order valence-corrected chi connectivity index (χ3v) is 2.61. The van der Waals surface area contributed by atoms with Crippen LogP contribution < -0.4 is 5.32 Å². The SMILES string of the molecule is CC(C)(C)OC(=O)NCC1(CO)CC(F)(F)C1. The second kappa shape index (κ2) is 4.40. The lowest BCUT2D eigenvalue weighted by Crippen LogP contribution is -2.54. The summed E-state index contributed by atoms with van der Waals surface area (Å²) < 4.78 is 30.5. The fourth-order valence-corrected chi connectivity index (χ4v) is 1.91. The Balaban J connectivity index is 2.38. The Kier molecular flexibility index (Phi) is 3.66. The molecule has 0 aromatic rings. The molecule has 1 aliphatic carbocycles. The van der Waals surface area contributed by atoms with Crippen molar-refractivity contribution >= 4 is 6.09 Å². The van der Waals surface area contributed by atoms with Gasteiger partial charge < -0.3 is 15.2 Å². The number of hydrogen-bond acceptors (Lipinski definition) is 3. The highest BCUT2D eigenvalue weighted by molar-refractivity contribution is 5.67. The molecule has 6 heteroatoms. The van der Waals surface area contributed by atoms with Crippen molar-refractivity contribution in [3.63, 3.8) is 0 Å². The molecule has 1 saturated carbocycles. The zero-order valence-electron chi connectivity index (χ0n) is 10.3. The molecule has 0 bridgehead atoms. The van der Waals surface area contributed by atoms with Gasteiger partial charge in [-0.05, 0) is 20.8 Å². The maximum atomic E-state index is 12.8. The second-order valence-electron chi connectivity index (χ2n) is 5.72. The van der Waals surface area contributed by atoms with Crippen LogP contribution in [0.15, 0.2) is 0 Å². The van der Waals surface area contributed by atoms with Crippen molar-refractivity contribution in [2.75, 3.05) is 13.2 Å². The zero-order valence-corrected chi connectivity index (χ0v) is 10.3. The number of alkyl halides is 2. The smallest absolute Gasteiger partial charge is 0.407 e. The number of carbonyl (C=O) groups is 1. The summed E-state index contributed by atoms with van der Waals surface area (Å²) in [5.74, 6) is -2.72. The maximum Gasteiger partial charge on any atom is 0.407 e. The van der Waals surface area contributed by atoms with Crippen molar-refractivity contribution in [1.29, 1.82) is 0 Å². The van der Waals surface area contributed by atoms with Crippen LogP contribution in [0.2, 0.25) is 0 Å². The number of amides is 1. The van der Waals surface area contributed by atoms with Crippen molar-refractivity contribution < 1.29 is 23.4 Å². The molecule has 0 unspecified atom stereocenters. The highest BCUT2D eigenvalue weighted by Crippen LogP contribution is 2.51. The van der Waals surface area contributed by atoms with E-state index in [2.05, 4.69) is 5.32 Å². The van der Waals surface area contributed by atoms with E-state index in [1.165, 1.54) is 0 Å². The first-order valence-electron chi connectivity index (χ1n) is 5.53. The fourth-order valence-electron chi connectivity index (χ4n) is 1.91. The van der Waals surface area contributed by atoms with Crippen LogP contribution in [-0.2, 0) is 4.74 Å². The van der Waals surface area contributed by atoms with Crippen LogP contribution in [-0.4, -0.2) is 35.9 Å². The van der Waals surface area contributed by atoms with Gasteiger partial charge in [0, 0.05) is 24.8 Å². The van der Waals surface area contributed by atoms with Gasteiger partial charge in [-0.15, -0.1) is 0 Å². The number of nitrogens with one attached hydrogen (secondary N) is 1. The molecule has 100 valence electrons. The van der Waals surface area contributed by atoms with E-state index in [9.17, 15) is 13.6 Å². The van der Waals surface area contributed by atoms with E-state index >= 15 is 0 Å². The standard InChI is InChI=1S/C11H19F2NO3/c1-9(2,3)17-8(16)14-6-10(7-15)4-11(12,13)5-10/h15H,4-7H2,1-3H3,(H,14,16). The number of halogens is 2. The van der Waals surface area contributed by atoms with Gasteiger partial charge in [0.2, 0.25) is 5.92 Å². The third-order valence-electron chi connectivity index (χ3n) is 2.61. The van der Waals surface area contributed by atoms with E-state index in [1.807, 2.05) is 0 Å². The van der Waals surface area contributed by atoms with Crippen LogP contribution in [0, 0.1) is 5.41 Å². The van der Waals surface area contributed by atoms with E-state index in [4.69, 9.17) is 9.84 Å². The lowest BCUT2D eigenvalue weighted by molar-refractivity contribution is -0.173. The molecule has 0 saturated heterocycles. The molecule has 17 heavy (non-hydrogen) atoms. The van der Waals surface area contributed by atoms with Crippen molar-refractivity contribution in [2.24, 2.45) is 5.41 Å². The maximum absolute atomic E-state index is 12.8. The van der Waals surface area contributed by atoms with Gasteiger partial charge >= 0.3 is 6.09 Å². The Bertz CT molecular complexity index is 292. The quantitative estimate of drug-likeness (QED) is 0.805. The Labute approximate surface area is 99.3 Å². The third kappa shape index (κ3) is 4.11. The molecule has 0 atom stereocenters. The predicted molar refractivity (Wildman–Crippen MR) is 57.9 cm³/mol. The Morgan fingerprint density at radius 2 is 1.94 bits per heavy atom. The number of rotatable bonds is 3. The first-order chi connectivity index (χ1) is 7.58. The second-order valence-corrected chi connectivity index (χ2v) is 5.72. The zero-order chi connectivity index (χ0) is 13.3. The molecule has 1 fully saturated rings. The number of aliphatic hydroxyl groups excluding tert-OH is 1. The van der Waals surface area contributed by atoms with Gasteiger partial charge in [0.1, 0.15) is 5.60 Å². The minimum absolute atomic E-state index is 0.00794. The van der Waals surface area contributed by atoms with Gasteiger partial charge in [-0.25, -0.2) is 13.6 Å². The lowest BCUT2D eigenvalue weighted by atomic mass is 9.66. The molecule has 0 aromatic heterocycles. The van der Waals surface area contributed by atoms with Crippen LogP contribution in [0.3, 0.4) is 0 Å². The van der Waals surface area contributed by atoms with Crippen LogP contribution in [0.25, 0.3) is 0 Å². The molecular weight excluding hydrogens is 232 g/mol. The molecule has 2 N–H and O–H groups in total. The van der Waals surface area contributed by atoms with Gasteiger partial charge in [0.25, 0.3) is 0 Å². The summed E-state index contributed by atoms with van der Waals surface area (Å²) in [5, 5.41) is 11.5. The summed E-state index contributed by atoms with van der Waals surface area (Å²) in [4.78, 5) is 11.3. The normalized spacial score (nSPS) is 21.5. The Hall–Kier alpha value is -0.910. The van der Waals surface area contributed by atoms with Gasteiger partial charge in [-0.1, -0.05) is 0 Å². The Morgan fingerprint density at radius 1 is 1.41 bits per heavy atom. The van der Waals surface area contributed by atoms with E-state index in [0.29, 0.717) is 0 Å². The summed E-state index contributed by atoms with van der Waals surface area (Å²) in [6.45, 7) is 4.79. The number of alkyl carbamates (subject to hydrolysis) is 1. The van der Waals surface area contributed by atoms with E-state index < -0.39 is 35.9 Å². The highest BCUT2D eigenvalue weighted by Gasteiger charge is 2.56. The summed E-state index contributed by atoms with van der Waals surface area (Å²) in [5.41, 5.74) is -1.53.